The van der Waals surface area contributed by atoms with Crippen LogP contribution in [0.15, 0.2) is 36.5 Å². The molecule has 1 heterocycles. The van der Waals surface area contributed by atoms with Gasteiger partial charge in [0.15, 0.2) is 0 Å². The van der Waals surface area contributed by atoms with E-state index in [1.54, 1.807) is 6.20 Å². The molecule has 2 aromatic rings. The van der Waals surface area contributed by atoms with Crippen molar-refractivity contribution >= 4 is 16.9 Å². The van der Waals surface area contributed by atoms with Crippen LogP contribution in [-0.2, 0) is 15.1 Å². The summed E-state index contributed by atoms with van der Waals surface area (Å²) in [4.78, 5) is 16.3. The third-order valence-electron chi connectivity index (χ3n) is 4.57. The number of hydrogen-bond donors (Lipinski definition) is 1. The van der Waals surface area contributed by atoms with Gasteiger partial charge in [0.2, 0.25) is 0 Å². The number of esters is 1. The molecule has 0 saturated heterocycles. The van der Waals surface area contributed by atoms with Crippen molar-refractivity contribution in [2.24, 2.45) is 5.92 Å². The zero-order chi connectivity index (χ0) is 15.6. The lowest BCUT2D eigenvalue weighted by molar-refractivity contribution is -0.151. The summed E-state index contributed by atoms with van der Waals surface area (Å²) in [5.74, 6) is -0.233. The van der Waals surface area contributed by atoms with Gasteiger partial charge in [-0.2, -0.15) is 0 Å². The second-order valence-corrected chi connectivity index (χ2v) is 5.94. The number of para-hydroxylation sites is 1. The van der Waals surface area contributed by atoms with E-state index in [9.17, 15) is 9.90 Å². The van der Waals surface area contributed by atoms with Gasteiger partial charge in [0.25, 0.3) is 0 Å². The van der Waals surface area contributed by atoms with E-state index in [0.717, 1.165) is 16.5 Å². The summed E-state index contributed by atoms with van der Waals surface area (Å²) < 4.78 is 5.09. The predicted molar refractivity (Wildman–Crippen MR) is 84.2 cm³/mol. The van der Waals surface area contributed by atoms with Crippen LogP contribution in [0.1, 0.15) is 38.2 Å². The molecule has 0 spiro atoms. The highest BCUT2D eigenvalue weighted by Crippen LogP contribution is 2.41. The molecule has 1 saturated carbocycles. The van der Waals surface area contributed by atoms with E-state index in [0.29, 0.717) is 32.3 Å². The molecule has 0 bridgehead atoms. The minimum Gasteiger partial charge on any atom is -0.466 e. The van der Waals surface area contributed by atoms with Crippen molar-refractivity contribution in [2.75, 3.05) is 6.61 Å². The van der Waals surface area contributed by atoms with Gasteiger partial charge in [-0.25, -0.2) is 0 Å². The van der Waals surface area contributed by atoms with Crippen LogP contribution in [0.5, 0.6) is 0 Å². The minimum atomic E-state index is -0.906. The maximum absolute atomic E-state index is 11.8. The fraction of sp³-hybridized carbons (Fsp3) is 0.444. The van der Waals surface area contributed by atoms with Gasteiger partial charge in [0, 0.05) is 17.1 Å². The Morgan fingerprint density at radius 2 is 2.05 bits per heavy atom. The Bertz CT molecular complexity index is 670. The van der Waals surface area contributed by atoms with E-state index in [-0.39, 0.29) is 11.9 Å². The number of carbonyl (C=O) groups is 1. The van der Waals surface area contributed by atoms with Gasteiger partial charge in [-0.15, -0.1) is 0 Å². The topological polar surface area (TPSA) is 59.4 Å². The highest BCUT2D eigenvalue weighted by atomic mass is 16.5. The Balaban J connectivity index is 1.84. The molecule has 0 radical (unpaired) electrons. The average Bonchev–Trinajstić information content (AvgIpc) is 2.55. The lowest BCUT2D eigenvalue weighted by Gasteiger charge is -2.35. The highest BCUT2D eigenvalue weighted by Gasteiger charge is 2.38. The van der Waals surface area contributed by atoms with Crippen LogP contribution >= 0.6 is 0 Å². The molecule has 1 aromatic carbocycles. The first-order chi connectivity index (χ1) is 10.6. The molecule has 0 amide bonds. The predicted octanol–water partition coefficient (Wildman–Crippen LogP) is 3.18. The highest BCUT2D eigenvalue weighted by molar-refractivity contribution is 5.82. The van der Waals surface area contributed by atoms with Gasteiger partial charge >= 0.3 is 5.97 Å². The molecule has 1 fully saturated rings. The Morgan fingerprint density at radius 1 is 1.32 bits per heavy atom. The van der Waals surface area contributed by atoms with Crippen LogP contribution in [-0.4, -0.2) is 22.7 Å². The molecule has 0 atom stereocenters. The first-order valence-corrected chi connectivity index (χ1v) is 7.87. The molecular weight excluding hydrogens is 278 g/mol. The monoisotopic (exact) mass is 299 g/mol. The van der Waals surface area contributed by atoms with Crippen molar-refractivity contribution < 1.29 is 14.6 Å². The smallest absolute Gasteiger partial charge is 0.308 e. The Hall–Kier alpha value is -1.94. The molecule has 4 nitrogen and oxygen atoms in total. The van der Waals surface area contributed by atoms with E-state index in [1.165, 1.54) is 0 Å². The number of pyridine rings is 1. The quantitative estimate of drug-likeness (QED) is 0.884. The number of aromatic nitrogens is 1. The standard InChI is InChI=1S/C18H21NO3/c1-2-22-17(20)14-8-10-18(21,11-9-14)15-7-3-5-13-6-4-12-19-16(13)15/h3-7,12,14,21H,2,8-11H2,1H3. The van der Waals surface area contributed by atoms with Gasteiger partial charge in [-0.1, -0.05) is 24.3 Å². The van der Waals surface area contributed by atoms with E-state index >= 15 is 0 Å². The number of benzene rings is 1. The third kappa shape index (κ3) is 2.71. The minimum absolute atomic E-state index is 0.0943. The van der Waals surface area contributed by atoms with Crippen LogP contribution in [0.2, 0.25) is 0 Å². The van der Waals surface area contributed by atoms with Crippen molar-refractivity contribution in [3.05, 3.63) is 42.1 Å². The van der Waals surface area contributed by atoms with Crippen LogP contribution in [0.25, 0.3) is 10.9 Å². The summed E-state index contributed by atoms with van der Waals surface area (Å²) in [5.41, 5.74) is 0.812. The number of rotatable bonds is 3. The van der Waals surface area contributed by atoms with Gasteiger partial charge in [-0.05, 0) is 38.7 Å². The fourth-order valence-electron chi connectivity index (χ4n) is 3.34. The summed E-state index contributed by atoms with van der Waals surface area (Å²) in [7, 11) is 0. The van der Waals surface area contributed by atoms with Gasteiger partial charge in [-0.3, -0.25) is 9.78 Å². The summed E-state index contributed by atoms with van der Waals surface area (Å²) in [6.45, 7) is 2.23. The number of ether oxygens (including phenoxy) is 1. The molecule has 3 rings (SSSR count). The second-order valence-electron chi connectivity index (χ2n) is 5.94. The molecule has 22 heavy (non-hydrogen) atoms. The van der Waals surface area contributed by atoms with Crippen molar-refractivity contribution in [3.63, 3.8) is 0 Å². The van der Waals surface area contributed by atoms with E-state index in [2.05, 4.69) is 4.98 Å². The van der Waals surface area contributed by atoms with Crippen LogP contribution in [0.3, 0.4) is 0 Å². The van der Waals surface area contributed by atoms with Crippen LogP contribution in [0.4, 0.5) is 0 Å². The number of carbonyl (C=O) groups excluding carboxylic acids is 1. The molecule has 4 heteroatoms. The van der Waals surface area contributed by atoms with Gasteiger partial charge < -0.3 is 9.84 Å². The van der Waals surface area contributed by atoms with Gasteiger partial charge in [0.1, 0.15) is 0 Å². The first kappa shape index (κ1) is 15.0. The molecule has 1 N–H and O–H groups in total. The Labute approximate surface area is 130 Å². The lowest BCUT2D eigenvalue weighted by atomic mass is 9.74. The zero-order valence-corrected chi connectivity index (χ0v) is 12.8. The van der Waals surface area contributed by atoms with E-state index in [1.807, 2.05) is 37.3 Å². The normalized spacial score (nSPS) is 25.1. The number of fused-ring (bicyclic) bond motifs is 1. The third-order valence-corrected chi connectivity index (χ3v) is 4.57. The van der Waals surface area contributed by atoms with Crippen molar-refractivity contribution in [2.45, 2.75) is 38.2 Å². The van der Waals surface area contributed by atoms with E-state index < -0.39 is 5.60 Å². The second kappa shape index (κ2) is 6.05. The number of hydrogen-bond acceptors (Lipinski definition) is 4. The summed E-state index contributed by atoms with van der Waals surface area (Å²) >= 11 is 0. The fourth-order valence-corrected chi connectivity index (χ4v) is 3.34. The first-order valence-electron chi connectivity index (χ1n) is 7.87. The largest absolute Gasteiger partial charge is 0.466 e. The van der Waals surface area contributed by atoms with Crippen molar-refractivity contribution in [1.82, 2.24) is 4.98 Å². The Kier molecular flexibility index (Phi) is 4.12. The Morgan fingerprint density at radius 3 is 2.77 bits per heavy atom. The van der Waals surface area contributed by atoms with E-state index in [4.69, 9.17) is 4.74 Å². The van der Waals surface area contributed by atoms with Crippen LogP contribution < -0.4 is 0 Å². The number of aliphatic hydroxyl groups is 1. The van der Waals surface area contributed by atoms with Crippen molar-refractivity contribution in [1.29, 1.82) is 0 Å². The van der Waals surface area contributed by atoms with Crippen molar-refractivity contribution in [3.8, 4) is 0 Å². The maximum Gasteiger partial charge on any atom is 0.308 e. The molecule has 0 aliphatic heterocycles. The number of nitrogens with zero attached hydrogens (tertiary/aromatic N) is 1. The lowest BCUT2D eigenvalue weighted by Crippen LogP contribution is -2.34. The zero-order valence-electron chi connectivity index (χ0n) is 12.8. The molecule has 1 aliphatic rings. The summed E-state index contributed by atoms with van der Waals surface area (Å²) in [6.07, 6.45) is 4.18. The summed E-state index contributed by atoms with van der Waals surface area (Å²) in [5, 5.41) is 12.1. The summed E-state index contributed by atoms with van der Waals surface area (Å²) in [6, 6.07) is 9.79. The molecule has 1 aliphatic carbocycles. The molecular formula is C18H21NO3. The van der Waals surface area contributed by atoms with Gasteiger partial charge in [0.05, 0.1) is 23.6 Å². The maximum atomic E-state index is 11.8. The van der Waals surface area contributed by atoms with Crippen LogP contribution in [0, 0.1) is 5.92 Å². The molecule has 116 valence electrons. The molecule has 0 unspecified atom stereocenters. The average molecular weight is 299 g/mol. The molecule has 1 aromatic heterocycles. The SMILES string of the molecule is CCOC(=O)C1CCC(O)(c2cccc3cccnc23)CC1.